The molecule has 2 heterocycles. The number of nitrogens with two attached hydrogens (primary N) is 1. The number of rotatable bonds is 2. The van der Waals surface area contributed by atoms with Gasteiger partial charge in [-0.2, -0.15) is 0 Å². The summed E-state index contributed by atoms with van der Waals surface area (Å²) in [7, 11) is 0. The SMILES string of the molecule is CC(N)C1CCN(C(=O)C2CCOc3ccccc32)C1. The van der Waals surface area contributed by atoms with E-state index < -0.39 is 0 Å². The molecule has 2 aliphatic rings. The summed E-state index contributed by atoms with van der Waals surface area (Å²) in [6.45, 7) is 4.29. The molecule has 1 aromatic rings. The molecule has 0 aromatic heterocycles. The van der Waals surface area contributed by atoms with Gasteiger partial charge in [0, 0.05) is 24.7 Å². The summed E-state index contributed by atoms with van der Waals surface area (Å²) >= 11 is 0. The Morgan fingerprint density at radius 1 is 1.40 bits per heavy atom. The number of fused-ring (bicyclic) bond motifs is 1. The number of likely N-dealkylation sites (tertiary alicyclic amines) is 1. The van der Waals surface area contributed by atoms with Crippen molar-refractivity contribution in [3.63, 3.8) is 0 Å². The molecule has 2 aliphatic heterocycles. The lowest BCUT2D eigenvalue weighted by atomic mass is 9.92. The van der Waals surface area contributed by atoms with Gasteiger partial charge in [-0.05, 0) is 31.7 Å². The lowest BCUT2D eigenvalue weighted by Gasteiger charge is -2.29. The highest BCUT2D eigenvalue weighted by Gasteiger charge is 2.35. The van der Waals surface area contributed by atoms with Gasteiger partial charge in [0.05, 0.1) is 12.5 Å². The van der Waals surface area contributed by atoms with Crippen LogP contribution in [0.1, 0.15) is 31.2 Å². The van der Waals surface area contributed by atoms with Gasteiger partial charge in [0.25, 0.3) is 0 Å². The third-order valence-electron chi connectivity index (χ3n) is 4.54. The quantitative estimate of drug-likeness (QED) is 0.894. The standard InChI is InChI=1S/C16H22N2O2/c1-11(17)12-6-8-18(10-12)16(19)14-7-9-20-15-5-3-2-4-13(14)15/h2-5,11-12,14H,6-10,17H2,1H3. The molecule has 1 amide bonds. The summed E-state index contributed by atoms with van der Waals surface area (Å²) in [4.78, 5) is 14.7. The van der Waals surface area contributed by atoms with Crippen molar-refractivity contribution in [2.24, 2.45) is 11.7 Å². The van der Waals surface area contributed by atoms with Gasteiger partial charge in [0.15, 0.2) is 0 Å². The van der Waals surface area contributed by atoms with E-state index in [1.54, 1.807) is 0 Å². The molecule has 3 rings (SSSR count). The monoisotopic (exact) mass is 274 g/mol. The summed E-state index contributed by atoms with van der Waals surface area (Å²) < 4.78 is 5.64. The molecule has 0 bridgehead atoms. The topological polar surface area (TPSA) is 55.6 Å². The van der Waals surface area contributed by atoms with E-state index in [-0.39, 0.29) is 17.9 Å². The van der Waals surface area contributed by atoms with E-state index in [0.29, 0.717) is 12.5 Å². The normalized spacial score (nSPS) is 26.8. The van der Waals surface area contributed by atoms with Crippen LogP contribution in [-0.4, -0.2) is 36.5 Å². The second-order valence-electron chi connectivity index (χ2n) is 5.92. The van der Waals surface area contributed by atoms with Crippen molar-refractivity contribution in [2.75, 3.05) is 19.7 Å². The molecule has 2 N–H and O–H groups in total. The lowest BCUT2D eigenvalue weighted by molar-refractivity contribution is -0.132. The first-order valence-electron chi connectivity index (χ1n) is 7.43. The Kier molecular flexibility index (Phi) is 3.66. The zero-order chi connectivity index (χ0) is 14.1. The highest BCUT2D eigenvalue weighted by atomic mass is 16.5. The van der Waals surface area contributed by atoms with Crippen molar-refractivity contribution in [1.82, 2.24) is 4.90 Å². The first-order valence-corrected chi connectivity index (χ1v) is 7.43. The van der Waals surface area contributed by atoms with Gasteiger partial charge in [-0.1, -0.05) is 18.2 Å². The van der Waals surface area contributed by atoms with Crippen molar-refractivity contribution in [2.45, 2.75) is 31.7 Å². The Morgan fingerprint density at radius 2 is 2.20 bits per heavy atom. The summed E-state index contributed by atoms with van der Waals surface area (Å²) in [6.07, 6.45) is 1.80. The van der Waals surface area contributed by atoms with Gasteiger partial charge in [0.2, 0.25) is 5.91 Å². The minimum Gasteiger partial charge on any atom is -0.493 e. The molecule has 3 atom stereocenters. The van der Waals surface area contributed by atoms with Gasteiger partial charge in [-0.15, -0.1) is 0 Å². The molecule has 0 radical (unpaired) electrons. The molecule has 3 unspecified atom stereocenters. The van der Waals surface area contributed by atoms with E-state index in [4.69, 9.17) is 10.5 Å². The number of para-hydroxylation sites is 1. The number of benzene rings is 1. The maximum atomic E-state index is 12.8. The highest BCUT2D eigenvalue weighted by molar-refractivity contribution is 5.85. The van der Waals surface area contributed by atoms with Crippen LogP contribution < -0.4 is 10.5 Å². The Morgan fingerprint density at radius 3 is 2.95 bits per heavy atom. The third kappa shape index (κ3) is 2.40. The van der Waals surface area contributed by atoms with E-state index in [0.717, 1.165) is 37.2 Å². The summed E-state index contributed by atoms with van der Waals surface area (Å²) in [5, 5.41) is 0. The summed E-state index contributed by atoms with van der Waals surface area (Å²) in [5.74, 6) is 1.49. The second-order valence-corrected chi connectivity index (χ2v) is 5.92. The predicted octanol–water partition coefficient (Wildman–Crippen LogP) is 1.75. The second kappa shape index (κ2) is 5.44. The Hall–Kier alpha value is -1.55. The van der Waals surface area contributed by atoms with Crippen molar-refractivity contribution in [3.05, 3.63) is 29.8 Å². The van der Waals surface area contributed by atoms with Crippen molar-refractivity contribution >= 4 is 5.91 Å². The molecule has 0 aliphatic carbocycles. The number of hydrogen-bond donors (Lipinski definition) is 1. The van der Waals surface area contributed by atoms with Gasteiger partial charge >= 0.3 is 0 Å². The van der Waals surface area contributed by atoms with Crippen LogP contribution in [0.5, 0.6) is 5.75 Å². The number of hydrogen-bond acceptors (Lipinski definition) is 3. The molecule has 1 fully saturated rings. The average Bonchev–Trinajstić information content (AvgIpc) is 2.96. The molecular weight excluding hydrogens is 252 g/mol. The molecule has 1 aromatic carbocycles. The Balaban J connectivity index is 1.76. The van der Waals surface area contributed by atoms with E-state index >= 15 is 0 Å². The largest absolute Gasteiger partial charge is 0.493 e. The molecule has 4 nitrogen and oxygen atoms in total. The van der Waals surface area contributed by atoms with Crippen molar-refractivity contribution in [1.29, 1.82) is 0 Å². The van der Waals surface area contributed by atoms with Crippen molar-refractivity contribution in [3.8, 4) is 5.75 Å². The van der Waals surface area contributed by atoms with Crippen LogP contribution in [0.3, 0.4) is 0 Å². The van der Waals surface area contributed by atoms with Crippen LogP contribution in [0.2, 0.25) is 0 Å². The molecule has 4 heteroatoms. The van der Waals surface area contributed by atoms with E-state index in [1.165, 1.54) is 0 Å². The zero-order valence-corrected chi connectivity index (χ0v) is 11.9. The summed E-state index contributed by atoms with van der Waals surface area (Å²) in [5.41, 5.74) is 6.99. The van der Waals surface area contributed by atoms with Crippen LogP contribution in [0, 0.1) is 5.92 Å². The Labute approximate surface area is 119 Å². The highest BCUT2D eigenvalue weighted by Crippen LogP contribution is 2.35. The smallest absolute Gasteiger partial charge is 0.230 e. The predicted molar refractivity (Wildman–Crippen MR) is 77.6 cm³/mol. The number of ether oxygens (including phenoxy) is 1. The van der Waals surface area contributed by atoms with E-state index in [9.17, 15) is 4.79 Å². The molecular formula is C16H22N2O2. The summed E-state index contributed by atoms with van der Waals surface area (Å²) in [6, 6.07) is 8.05. The number of carbonyl (C=O) groups is 1. The average molecular weight is 274 g/mol. The van der Waals surface area contributed by atoms with Crippen LogP contribution in [0.25, 0.3) is 0 Å². The van der Waals surface area contributed by atoms with Crippen LogP contribution in [0.15, 0.2) is 24.3 Å². The van der Waals surface area contributed by atoms with E-state index in [1.807, 2.05) is 36.1 Å². The lowest BCUT2D eigenvalue weighted by Crippen LogP contribution is -2.37. The van der Waals surface area contributed by atoms with Gasteiger partial charge < -0.3 is 15.4 Å². The number of nitrogens with zero attached hydrogens (tertiary/aromatic N) is 1. The van der Waals surface area contributed by atoms with Gasteiger partial charge in [-0.3, -0.25) is 4.79 Å². The fourth-order valence-corrected chi connectivity index (χ4v) is 3.24. The number of carbonyl (C=O) groups excluding carboxylic acids is 1. The maximum Gasteiger partial charge on any atom is 0.230 e. The fourth-order valence-electron chi connectivity index (χ4n) is 3.24. The van der Waals surface area contributed by atoms with Gasteiger partial charge in [-0.25, -0.2) is 0 Å². The molecule has 0 spiro atoms. The molecule has 108 valence electrons. The first-order chi connectivity index (χ1) is 9.66. The van der Waals surface area contributed by atoms with Gasteiger partial charge in [0.1, 0.15) is 5.75 Å². The zero-order valence-electron chi connectivity index (χ0n) is 11.9. The number of amides is 1. The third-order valence-corrected chi connectivity index (χ3v) is 4.54. The first kappa shape index (κ1) is 13.4. The fraction of sp³-hybridized carbons (Fsp3) is 0.562. The molecule has 1 saturated heterocycles. The minimum absolute atomic E-state index is 0.0493. The van der Waals surface area contributed by atoms with E-state index in [2.05, 4.69) is 0 Å². The minimum atomic E-state index is -0.0493. The van der Waals surface area contributed by atoms with Crippen molar-refractivity contribution < 1.29 is 9.53 Å². The maximum absolute atomic E-state index is 12.8. The van der Waals surface area contributed by atoms with Crippen LogP contribution in [-0.2, 0) is 4.79 Å². The molecule has 20 heavy (non-hydrogen) atoms. The molecule has 0 saturated carbocycles. The van der Waals surface area contributed by atoms with Crippen LogP contribution in [0.4, 0.5) is 0 Å². The van der Waals surface area contributed by atoms with Crippen LogP contribution >= 0.6 is 0 Å². The Bertz CT molecular complexity index is 501.